The molecule has 1 aliphatic rings. The van der Waals surface area contributed by atoms with Crippen molar-refractivity contribution in [3.05, 3.63) is 146 Å². The lowest BCUT2D eigenvalue weighted by Gasteiger charge is -2.38. The zero-order valence-corrected chi connectivity index (χ0v) is 22.2. The number of benzene rings is 4. The molecule has 0 amide bonds. The van der Waals surface area contributed by atoms with Gasteiger partial charge in [0.05, 0.1) is 0 Å². The van der Waals surface area contributed by atoms with Gasteiger partial charge in [-0.05, 0) is 27.4 Å². The van der Waals surface area contributed by atoms with E-state index in [1.54, 1.807) is 0 Å². The third kappa shape index (κ3) is 4.63. The Balaban J connectivity index is 1.83. The first-order valence-electron chi connectivity index (χ1n) is 12.4. The maximum absolute atomic E-state index is 13.5. The molecule has 1 aliphatic carbocycles. The topological polar surface area (TPSA) is 34.1 Å². The van der Waals surface area contributed by atoms with Gasteiger partial charge in [0.1, 0.15) is 11.3 Å². The molecule has 37 heavy (non-hydrogen) atoms. The smallest absolute Gasteiger partial charge is 0.124 e. The van der Waals surface area contributed by atoms with Crippen LogP contribution in [0.1, 0.15) is 0 Å². The van der Waals surface area contributed by atoms with Crippen LogP contribution in [0.5, 0.6) is 0 Å². The van der Waals surface area contributed by atoms with Gasteiger partial charge in [-0.15, -0.1) is 0 Å². The molecular weight excluding hydrogens is 490 g/mol. The summed E-state index contributed by atoms with van der Waals surface area (Å²) in [5.74, 6) is -0.00431. The molecule has 0 N–H and O–H groups in total. The minimum absolute atomic E-state index is 0.00431. The van der Waals surface area contributed by atoms with Crippen LogP contribution in [-0.2, 0) is 9.59 Å². The second kappa shape index (κ2) is 11.2. The number of hydrogen-bond acceptors (Lipinski definition) is 2. The number of hydrogen-bond donors (Lipinski definition) is 0. The van der Waals surface area contributed by atoms with E-state index in [2.05, 4.69) is 47.7 Å². The van der Waals surface area contributed by atoms with Crippen LogP contribution in [0, 0.1) is 5.92 Å². The van der Waals surface area contributed by atoms with Crippen LogP contribution in [0.2, 0.25) is 0 Å². The minimum atomic E-state index is -2.75. The van der Waals surface area contributed by atoms with E-state index in [0.717, 1.165) is 21.2 Å². The van der Waals surface area contributed by atoms with Gasteiger partial charge in [-0.25, -0.2) is 9.59 Å². The van der Waals surface area contributed by atoms with E-state index in [9.17, 15) is 9.59 Å². The Bertz CT molecular complexity index is 1460. The van der Waals surface area contributed by atoms with Crippen LogP contribution >= 0.6 is 13.8 Å². The lowest BCUT2D eigenvalue weighted by atomic mass is 10.1. The normalized spacial score (nSPS) is 14.2. The quantitative estimate of drug-likeness (QED) is 0.286. The molecule has 0 heterocycles. The van der Waals surface area contributed by atoms with Gasteiger partial charge in [0, 0.05) is 25.3 Å². The van der Waals surface area contributed by atoms with E-state index >= 15 is 0 Å². The molecule has 0 saturated heterocycles. The Labute approximate surface area is 219 Å². The lowest BCUT2D eigenvalue weighted by molar-refractivity contribution is 0.570. The summed E-state index contributed by atoms with van der Waals surface area (Å²) in [5, 5.41) is 3.94. The number of carbonyl (C=O) groups excluding carboxylic acids is 2. The van der Waals surface area contributed by atoms with Gasteiger partial charge in [-0.2, -0.15) is 0 Å². The molecule has 5 rings (SSSR count). The van der Waals surface area contributed by atoms with Crippen molar-refractivity contribution < 1.29 is 9.59 Å². The van der Waals surface area contributed by atoms with E-state index in [1.165, 1.54) is 0 Å². The summed E-state index contributed by atoms with van der Waals surface area (Å²) in [6.45, 7) is -5.42. The van der Waals surface area contributed by atoms with Gasteiger partial charge in [0.25, 0.3) is 0 Å². The number of allylic oxidation sites excluding steroid dienone is 4. The van der Waals surface area contributed by atoms with Crippen molar-refractivity contribution in [2.24, 2.45) is 5.92 Å². The third-order valence-corrected chi connectivity index (χ3v) is 15.1. The summed E-state index contributed by atoms with van der Waals surface area (Å²) in [6, 6.07) is 40.2. The standard InChI is InChI=1S/C33H28O2P2/c34-26-36(29-17-5-1-6-18-29,30-19-7-2-8-20-30)25-33(28-15-13-14-16-28)37(27-35,31-21-9-3-10-22-31)32-23-11-4-12-24-32/h1-24,28,33H,25H2. The fraction of sp³-hybridized carbons (Fsp3) is 0.0909. The zero-order chi connectivity index (χ0) is 25.6. The average Bonchev–Trinajstić information content (AvgIpc) is 3.52. The Hall–Kier alpha value is -3.62. The van der Waals surface area contributed by atoms with Crippen molar-refractivity contribution in [2.75, 3.05) is 6.16 Å². The molecule has 1 unspecified atom stereocenters. The van der Waals surface area contributed by atoms with Gasteiger partial charge in [-0.3, -0.25) is 0 Å². The third-order valence-electron chi connectivity index (χ3n) is 7.20. The fourth-order valence-electron chi connectivity index (χ4n) is 5.39. The van der Waals surface area contributed by atoms with Gasteiger partial charge in [-0.1, -0.05) is 146 Å². The fourth-order valence-corrected chi connectivity index (χ4v) is 13.7. The van der Waals surface area contributed by atoms with E-state index in [0.29, 0.717) is 6.16 Å². The second-order valence-electron chi connectivity index (χ2n) is 9.15. The van der Waals surface area contributed by atoms with E-state index in [1.807, 2.05) is 109 Å². The van der Waals surface area contributed by atoms with Crippen LogP contribution < -0.4 is 21.2 Å². The van der Waals surface area contributed by atoms with Gasteiger partial charge < -0.3 is 0 Å². The molecule has 0 fully saturated rings. The lowest BCUT2D eigenvalue weighted by Crippen LogP contribution is -2.36. The van der Waals surface area contributed by atoms with Gasteiger partial charge >= 0.3 is 0 Å². The predicted molar refractivity (Wildman–Crippen MR) is 160 cm³/mol. The maximum Gasteiger partial charge on any atom is 0.124 e. The summed E-state index contributed by atoms with van der Waals surface area (Å²) in [5.41, 5.74) is 5.09. The molecule has 0 saturated carbocycles. The van der Waals surface area contributed by atoms with Crippen LogP contribution in [0.25, 0.3) is 0 Å². The highest BCUT2D eigenvalue weighted by Gasteiger charge is 2.42. The Morgan fingerprint density at radius 2 is 0.919 bits per heavy atom. The van der Waals surface area contributed by atoms with Crippen LogP contribution in [0.4, 0.5) is 0 Å². The molecular formula is C33H28O2P2. The molecule has 4 heteroatoms. The number of rotatable bonds is 8. The molecule has 2 nitrogen and oxygen atoms in total. The first-order valence-corrected chi connectivity index (χ1v) is 16.2. The predicted octanol–water partition coefficient (Wildman–Crippen LogP) is 5.57. The van der Waals surface area contributed by atoms with Crippen LogP contribution in [0.3, 0.4) is 0 Å². The molecule has 0 bridgehead atoms. The van der Waals surface area contributed by atoms with Crippen molar-refractivity contribution in [1.82, 2.24) is 0 Å². The molecule has 0 radical (unpaired) electrons. The second-order valence-corrected chi connectivity index (χ2v) is 15.7. The van der Waals surface area contributed by atoms with Crippen LogP contribution in [-0.4, -0.2) is 23.1 Å². The van der Waals surface area contributed by atoms with Gasteiger partial charge in [0.15, 0.2) is 0 Å². The summed E-state index contributed by atoms with van der Waals surface area (Å²) < 4.78 is 0. The summed E-state index contributed by atoms with van der Waals surface area (Å²) in [7, 11) is 0. The highest BCUT2D eigenvalue weighted by Crippen LogP contribution is 2.58. The summed E-state index contributed by atoms with van der Waals surface area (Å²) in [4.78, 5) is 26.7. The van der Waals surface area contributed by atoms with Crippen molar-refractivity contribution >= 4 is 46.3 Å². The van der Waals surface area contributed by atoms with Gasteiger partial charge in [0.2, 0.25) is 0 Å². The minimum Gasteiger partial charge on any atom is -0.234 e. The first kappa shape index (κ1) is 25.0. The van der Waals surface area contributed by atoms with E-state index in [-0.39, 0.29) is 11.6 Å². The average molecular weight is 519 g/mol. The van der Waals surface area contributed by atoms with Crippen molar-refractivity contribution in [1.29, 1.82) is 0 Å². The summed E-state index contributed by atoms with van der Waals surface area (Å²) in [6.07, 6.45) is 8.94. The molecule has 1 atom stereocenters. The highest BCUT2D eigenvalue weighted by molar-refractivity contribution is 7.91. The largest absolute Gasteiger partial charge is 0.234 e. The molecule has 182 valence electrons. The molecule has 0 aromatic heterocycles. The van der Waals surface area contributed by atoms with E-state index in [4.69, 9.17) is 0 Å². The molecule has 4 aromatic carbocycles. The van der Waals surface area contributed by atoms with Crippen molar-refractivity contribution in [2.45, 2.75) is 5.66 Å². The summed E-state index contributed by atoms with van der Waals surface area (Å²) >= 11 is 0. The zero-order valence-electron chi connectivity index (χ0n) is 20.4. The van der Waals surface area contributed by atoms with Crippen LogP contribution in [0.15, 0.2) is 146 Å². The molecule has 0 aliphatic heterocycles. The molecule has 0 spiro atoms. The van der Waals surface area contributed by atoms with Crippen molar-refractivity contribution in [3.63, 3.8) is 0 Å². The first-order chi connectivity index (χ1) is 18.2. The Morgan fingerprint density at radius 1 is 0.541 bits per heavy atom. The molecule has 4 aromatic rings. The Morgan fingerprint density at radius 3 is 1.27 bits per heavy atom. The van der Waals surface area contributed by atoms with Crippen molar-refractivity contribution in [3.8, 4) is 0 Å². The SMILES string of the molecule is O=C=P(CC(C1C=CC=C1)P(=C=O)(c1ccccc1)c1ccccc1)(c1ccccc1)c1ccccc1. The monoisotopic (exact) mass is 518 g/mol. The Kier molecular flexibility index (Phi) is 7.58. The highest BCUT2D eigenvalue weighted by atomic mass is 31.2. The maximum atomic E-state index is 13.5. The van der Waals surface area contributed by atoms with E-state index < -0.39 is 13.8 Å².